The Hall–Kier alpha value is -1.27. The van der Waals surface area contributed by atoms with E-state index in [1.807, 2.05) is 0 Å². The molecule has 0 unspecified atom stereocenters. The van der Waals surface area contributed by atoms with Crippen molar-refractivity contribution in [2.75, 3.05) is 0 Å². The van der Waals surface area contributed by atoms with Crippen LogP contribution in [0, 0.1) is 10.6 Å². The largest absolute Gasteiger partial charge is 0.242 e. The molecule has 0 saturated heterocycles. The van der Waals surface area contributed by atoms with Gasteiger partial charge in [0.05, 0.1) is 5.69 Å². The fourth-order valence-electron chi connectivity index (χ4n) is 1.03. The fraction of sp³-hybridized carbons (Fsp3) is 0. The minimum Gasteiger partial charge on any atom is -0.209 e. The molecule has 0 amide bonds. The van der Waals surface area contributed by atoms with Gasteiger partial charge in [-0.05, 0) is 30.4 Å². The first-order valence-electron chi connectivity index (χ1n) is 3.63. The molecule has 4 nitrogen and oxygen atoms in total. The van der Waals surface area contributed by atoms with Gasteiger partial charge in [-0.25, -0.2) is 9.07 Å². The second-order valence-corrected chi connectivity index (χ2v) is 3.35. The van der Waals surface area contributed by atoms with Crippen molar-refractivity contribution in [2.45, 2.75) is 0 Å². The Bertz CT molecular complexity index is 500. The molecule has 1 N–H and O–H groups in total. The van der Waals surface area contributed by atoms with Crippen LogP contribution in [0.3, 0.4) is 0 Å². The lowest BCUT2D eigenvalue weighted by Gasteiger charge is -2.01. The summed E-state index contributed by atoms with van der Waals surface area (Å²) in [7, 11) is 0. The standard InChI is InChI=1S/C7H4ClFN4S/c8-4-1-5(9)3-6(2-4)13-7(14)10-11-12-13/h1-3H,(H,10,12,14). The maximum Gasteiger partial charge on any atom is 0.242 e. The van der Waals surface area contributed by atoms with E-state index in [1.165, 1.54) is 16.8 Å². The molecule has 72 valence electrons. The van der Waals surface area contributed by atoms with Gasteiger partial charge in [-0.1, -0.05) is 21.9 Å². The number of aromatic amines is 1. The third-order valence-electron chi connectivity index (χ3n) is 1.58. The van der Waals surface area contributed by atoms with Crippen molar-refractivity contribution in [3.8, 4) is 5.69 Å². The third kappa shape index (κ3) is 1.66. The zero-order chi connectivity index (χ0) is 10.1. The number of nitrogens with one attached hydrogen (secondary N) is 1. The highest BCUT2D eigenvalue weighted by molar-refractivity contribution is 7.71. The van der Waals surface area contributed by atoms with Gasteiger partial charge in [-0.2, -0.15) is 5.21 Å². The summed E-state index contributed by atoms with van der Waals surface area (Å²) in [6.07, 6.45) is 0. The molecule has 0 saturated carbocycles. The van der Waals surface area contributed by atoms with Gasteiger partial charge in [0.15, 0.2) is 0 Å². The minimum atomic E-state index is -0.441. The van der Waals surface area contributed by atoms with Gasteiger partial charge in [0, 0.05) is 5.02 Å². The summed E-state index contributed by atoms with van der Waals surface area (Å²) in [5.41, 5.74) is 0.463. The molecule has 0 fully saturated rings. The highest BCUT2D eigenvalue weighted by atomic mass is 35.5. The number of hydrogen-bond acceptors (Lipinski definition) is 3. The average molecular weight is 231 g/mol. The Labute approximate surface area is 88.3 Å². The molecule has 0 aliphatic carbocycles. The van der Waals surface area contributed by atoms with Gasteiger partial charge in [0.1, 0.15) is 5.82 Å². The van der Waals surface area contributed by atoms with Crippen LogP contribution in [0.1, 0.15) is 0 Å². The molecule has 0 atom stereocenters. The normalized spacial score (nSPS) is 10.4. The molecule has 0 aliphatic rings. The second kappa shape index (κ2) is 3.47. The molecular weight excluding hydrogens is 227 g/mol. The Morgan fingerprint density at radius 1 is 1.43 bits per heavy atom. The van der Waals surface area contributed by atoms with Crippen LogP contribution in [0.2, 0.25) is 5.02 Å². The first-order valence-corrected chi connectivity index (χ1v) is 4.42. The predicted molar refractivity (Wildman–Crippen MR) is 51.5 cm³/mol. The van der Waals surface area contributed by atoms with Crippen LogP contribution in [-0.2, 0) is 0 Å². The van der Waals surface area contributed by atoms with Crippen LogP contribution in [0.25, 0.3) is 5.69 Å². The lowest BCUT2D eigenvalue weighted by atomic mass is 10.3. The topological polar surface area (TPSA) is 46.5 Å². The third-order valence-corrected chi connectivity index (χ3v) is 2.06. The van der Waals surface area contributed by atoms with Gasteiger partial charge in [0.25, 0.3) is 0 Å². The molecule has 0 radical (unpaired) electrons. The predicted octanol–water partition coefficient (Wildman–Crippen LogP) is 2.12. The van der Waals surface area contributed by atoms with Crippen molar-refractivity contribution >= 4 is 23.8 Å². The van der Waals surface area contributed by atoms with Crippen molar-refractivity contribution < 1.29 is 4.39 Å². The first kappa shape index (κ1) is 9.29. The highest BCUT2D eigenvalue weighted by Gasteiger charge is 2.03. The van der Waals surface area contributed by atoms with Crippen molar-refractivity contribution in [1.82, 2.24) is 20.2 Å². The number of tetrazole rings is 1. The average Bonchev–Trinajstić information content (AvgIpc) is 2.49. The fourth-order valence-corrected chi connectivity index (χ4v) is 1.44. The summed E-state index contributed by atoms with van der Waals surface area (Å²) < 4.78 is 14.5. The van der Waals surface area contributed by atoms with Gasteiger partial charge >= 0.3 is 0 Å². The Morgan fingerprint density at radius 3 is 2.79 bits per heavy atom. The molecule has 7 heteroatoms. The van der Waals surface area contributed by atoms with Crippen LogP contribution in [-0.4, -0.2) is 20.2 Å². The molecule has 1 aromatic carbocycles. The second-order valence-electron chi connectivity index (χ2n) is 2.55. The minimum absolute atomic E-state index is 0.215. The van der Waals surface area contributed by atoms with Gasteiger partial charge in [-0.15, -0.1) is 0 Å². The number of nitrogens with zero attached hydrogens (tertiary/aromatic N) is 3. The van der Waals surface area contributed by atoms with Crippen LogP contribution >= 0.6 is 23.8 Å². The summed E-state index contributed by atoms with van der Waals surface area (Å²) in [6, 6.07) is 4.04. The quantitative estimate of drug-likeness (QED) is 0.764. The molecule has 2 rings (SSSR count). The Kier molecular flexibility index (Phi) is 2.30. The number of benzene rings is 1. The zero-order valence-corrected chi connectivity index (χ0v) is 8.31. The highest BCUT2D eigenvalue weighted by Crippen LogP contribution is 2.16. The van der Waals surface area contributed by atoms with E-state index in [0.29, 0.717) is 5.69 Å². The van der Waals surface area contributed by atoms with E-state index in [4.69, 9.17) is 23.8 Å². The van der Waals surface area contributed by atoms with Gasteiger partial charge in [0.2, 0.25) is 4.77 Å². The van der Waals surface area contributed by atoms with Gasteiger partial charge < -0.3 is 0 Å². The first-order chi connectivity index (χ1) is 6.66. The zero-order valence-electron chi connectivity index (χ0n) is 6.74. The van der Waals surface area contributed by atoms with Crippen molar-refractivity contribution in [3.05, 3.63) is 33.8 Å². The van der Waals surface area contributed by atoms with Crippen LogP contribution in [0.5, 0.6) is 0 Å². The molecule has 1 heterocycles. The van der Waals surface area contributed by atoms with E-state index in [9.17, 15) is 4.39 Å². The molecule has 14 heavy (non-hydrogen) atoms. The monoisotopic (exact) mass is 230 g/mol. The van der Waals surface area contributed by atoms with Gasteiger partial charge in [-0.3, -0.25) is 0 Å². The molecule has 1 aromatic heterocycles. The van der Waals surface area contributed by atoms with Crippen molar-refractivity contribution in [2.24, 2.45) is 0 Å². The summed E-state index contributed by atoms with van der Waals surface area (Å²) >= 11 is 10.5. The van der Waals surface area contributed by atoms with E-state index in [1.54, 1.807) is 6.07 Å². The Morgan fingerprint density at radius 2 is 2.21 bits per heavy atom. The number of aromatic nitrogens is 4. The molecule has 0 spiro atoms. The van der Waals surface area contributed by atoms with Crippen molar-refractivity contribution in [3.63, 3.8) is 0 Å². The maximum atomic E-state index is 13.0. The Balaban J connectivity index is 2.63. The van der Waals surface area contributed by atoms with E-state index in [0.717, 1.165) is 0 Å². The van der Waals surface area contributed by atoms with E-state index in [2.05, 4.69) is 15.5 Å². The number of hydrogen-bond donors (Lipinski definition) is 1. The summed E-state index contributed by atoms with van der Waals surface area (Å²) in [5, 5.41) is 9.83. The SMILES string of the molecule is Fc1cc(Cl)cc(-n2[nH]nnc2=S)c1. The lowest BCUT2D eigenvalue weighted by molar-refractivity contribution is 0.624. The van der Waals surface area contributed by atoms with Crippen LogP contribution in [0.4, 0.5) is 4.39 Å². The van der Waals surface area contributed by atoms with Crippen LogP contribution < -0.4 is 0 Å². The number of halogens is 2. The molecular formula is C7H4ClFN4S. The van der Waals surface area contributed by atoms with E-state index in [-0.39, 0.29) is 9.79 Å². The molecule has 0 aliphatic heterocycles. The molecule has 2 aromatic rings. The summed E-state index contributed by atoms with van der Waals surface area (Å²) in [4.78, 5) is 0. The summed E-state index contributed by atoms with van der Waals surface area (Å²) in [6.45, 7) is 0. The number of H-pyrrole nitrogens is 1. The summed E-state index contributed by atoms with van der Waals surface area (Å²) in [5.74, 6) is -0.441. The maximum absolute atomic E-state index is 13.0. The smallest absolute Gasteiger partial charge is 0.209 e. The van der Waals surface area contributed by atoms with E-state index < -0.39 is 5.82 Å². The lowest BCUT2D eigenvalue weighted by Crippen LogP contribution is -1.97. The van der Waals surface area contributed by atoms with Crippen LogP contribution in [0.15, 0.2) is 18.2 Å². The van der Waals surface area contributed by atoms with E-state index >= 15 is 0 Å². The van der Waals surface area contributed by atoms with Crippen molar-refractivity contribution in [1.29, 1.82) is 0 Å². The molecule has 0 bridgehead atoms. The number of rotatable bonds is 1.